The standard InChI is InChI=1S/C18H24N2O3S/c1-12-6-8-18(9-7-12)20(17(22)15-3-2-10-24-15)14(11-23-18)16(21)19-13-4-5-13/h2-3,10,12-14H,4-9,11H2,1H3,(H,19,21). The first-order chi connectivity index (χ1) is 11.6. The van der Waals surface area contributed by atoms with Gasteiger partial charge in [0.2, 0.25) is 5.91 Å². The maximum Gasteiger partial charge on any atom is 0.266 e. The van der Waals surface area contributed by atoms with Gasteiger partial charge in [-0.15, -0.1) is 11.3 Å². The van der Waals surface area contributed by atoms with Crippen LogP contribution in [0.3, 0.4) is 0 Å². The summed E-state index contributed by atoms with van der Waals surface area (Å²) in [5.41, 5.74) is -0.598. The van der Waals surface area contributed by atoms with Crippen molar-refractivity contribution in [1.29, 1.82) is 0 Å². The molecule has 1 aromatic heterocycles. The molecule has 2 amide bonds. The molecule has 0 radical (unpaired) electrons. The Kier molecular flexibility index (Phi) is 4.12. The van der Waals surface area contributed by atoms with E-state index >= 15 is 0 Å². The Bertz CT molecular complexity index is 618. The lowest BCUT2D eigenvalue weighted by atomic mass is 9.83. The highest BCUT2D eigenvalue weighted by Crippen LogP contribution is 2.43. The maximum absolute atomic E-state index is 13.2. The van der Waals surface area contributed by atoms with E-state index in [4.69, 9.17) is 4.74 Å². The maximum atomic E-state index is 13.2. The first kappa shape index (κ1) is 16.1. The molecule has 1 aliphatic heterocycles. The van der Waals surface area contributed by atoms with Crippen LogP contribution >= 0.6 is 11.3 Å². The van der Waals surface area contributed by atoms with Crippen molar-refractivity contribution in [3.63, 3.8) is 0 Å². The highest BCUT2D eigenvalue weighted by molar-refractivity contribution is 7.12. The van der Waals surface area contributed by atoms with E-state index in [9.17, 15) is 9.59 Å². The van der Waals surface area contributed by atoms with Gasteiger partial charge >= 0.3 is 0 Å². The molecular formula is C18H24N2O3S. The van der Waals surface area contributed by atoms with Crippen molar-refractivity contribution in [1.82, 2.24) is 10.2 Å². The van der Waals surface area contributed by atoms with E-state index in [0.29, 0.717) is 23.4 Å². The fourth-order valence-corrected chi connectivity index (χ4v) is 4.48. The van der Waals surface area contributed by atoms with Crippen LogP contribution in [0.25, 0.3) is 0 Å². The first-order valence-electron chi connectivity index (χ1n) is 8.90. The molecule has 2 heterocycles. The van der Waals surface area contributed by atoms with E-state index in [2.05, 4.69) is 12.2 Å². The molecule has 24 heavy (non-hydrogen) atoms. The lowest BCUT2D eigenvalue weighted by Crippen LogP contribution is -2.56. The molecule has 1 unspecified atom stereocenters. The molecule has 1 aromatic rings. The van der Waals surface area contributed by atoms with Gasteiger partial charge < -0.3 is 10.1 Å². The van der Waals surface area contributed by atoms with Crippen molar-refractivity contribution < 1.29 is 14.3 Å². The third-order valence-electron chi connectivity index (χ3n) is 5.49. The molecule has 6 heteroatoms. The molecule has 1 N–H and O–H groups in total. The topological polar surface area (TPSA) is 58.6 Å². The number of carbonyl (C=O) groups is 2. The summed E-state index contributed by atoms with van der Waals surface area (Å²) in [4.78, 5) is 28.3. The number of hydrogen-bond donors (Lipinski definition) is 1. The predicted molar refractivity (Wildman–Crippen MR) is 91.8 cm³/mol. The molecule has 1 atom stereocenters. The Morgan fingerprint density at radius 1 is 1.29 bits per heavy atom. The molecule has 1 saturated heterocycles. The third-order valence-corrected chi connectivity index (χ3v) is 6.35. The first-order valence-corrected chi connectivity index (χ1v) is 9.78. The smallest absolute Gasteiger partial charge is 0.266 e. The van der Waals surface area contributed by atoms with Crippen molar-refractivity contribution in [2.24, 2.45) is 5.92 Å². The highest BCUT2D eigenvalue weighted by atomic mass is 32.1. The van der Waals surface area contributed by atoms with Crippen LogP contribution in [0.5, 0.6) is 0 Å². The third kappa shape index (κ3) is 2.86. The molecule has 3 aliphatic rings. The number of hydrogen-bond acceptors (Lipinski definition) is 4. The lowest BCUT2D eigenvalue weighted by molar-refractivity contribution is -0.128. The molecule has 5 nitrogen and oxygen atoms in total. The Hall–Kier alpha value is -1.40. The van der Waals surface area contributed by atoms with E-state index in [0.717, 1.165) is 38.5 Å². The minimum atomic E-state index is -0.598. The lowest BCUT2D eigenvalue weighted by Gasteiger charge is -2.42. The van der Waals surface area contributed by atoms with Gasteiger partial charge in [-0.25, -0.2) is 0 Å². The summed E-state index contributed by atoms with van der Waals surface area (Å²) in [5, 5.41) is 4.95. The summed E-state index contributed by atoms with van der Waals surface area (Å²) in [6.45, 7) is 2.55. The monoisotopic (exact) mass is 348 g/mol. The van der Waals surface area contributed by atoms with Gasteiger partial charge in [-0.05, 0) is 55.9 Å². The van der Waals surface area contributed by atoms with Gasteiger partial charge in [0.1, 0.15) is 11.8 Å². The number of nitrogens with one attached hydrogen (secondary N) is 1. The molecule has 2 aliphatic carbocycles. The minimum absolute atomic E-state index is 0.0575. The summed E-state index contributed by atoms with van der Waals surface area (Å²) in [6.07, 6.45) is 5.79. The number of rotatable bonds is 3. The molecule has 130 valence electrons. The van der Waals surface area contributed by atoms with Gasteiger partial charge in [0, 0.05) is 6.04 Å². The van der Waals surface area contributed by atoms with E-state index in [1.807, 2.05) is 17.5 Å². The number of thiophene rings is 1. The average Bonchev–Trinajstić information content (AvgIpc) is 3.11. The zero-order valence-corrected chi connectivity index (χ0v) is 14.8. The molecule has 0 bridgehead atoms. The van der Waals surface area contributed by atoms with Crippen LogP contribution in [0.2, 0.25) is 0 Å². The number of amides is 2. The van der Waals surface area contributed by atoms with Crippen molar-refractivity contribution in [2.45, 2.75) is 63.3 Å². The molecule has 1 spiro atoms. The van der Waals surface area contributed by atoms with E-state index in [-0.39, 0.29) is 11.8 Å². The van der Waals surface area contributed by atoms with Crippen molar-refractivity contribution in [2.75, 3.05) is 6.61 Å². The SMILES string of the molecule is CC1CCC2(CC1)OCC(C(=O)NC1CC1)N2C(=O)c1cccs1. The van der Waals surface area contributed by atoms with Gasteiger partial charge in [-0.1, -0.05) is 13.0 Å². The van der Waals surface area contributed by atoms with Crippen LogP contribution in [0, 0.1) is 5.92 Å². The van der Waals surface area contributed by atoms with Crippen LogP contribution in [-0.4, -0.2) is 41.1 Å². The Balaban J connectivity index is 1.62. The second-order valence-electron chi connectivity index (χ2n) is 7.39. The molecule has 0 aromatic carbocycles. The van der Waals surface area contributed by atoms with E-state index in [1.165, 1.54) is 11.3 Å². The Labute approximate surface area is 146 Å². The largest absolute Gasteiger partial charge is 0.353 e. The minimum Gasteiger partial charge on any atom is -0.353 e. The normalized spacial score (nSPS) is 33.0. The summed E-state index contributed by atoms with van der Waals surface area (Å²) < 4.78 is 6.15. The molecule has 2 saturated carbocycles. The molecule has 4 rings (SSSR count). The predicted octanol–water partition coefficient (Wildman–Crippen LogP) is 2.77. The zero-order valence-electron chi connectivity index (χ0n) is 14.0. The van der Waals surface area contributed by atoms with Crippen LogP contribution < -0.4 is 5.32 Å². The van der Waals surface area contributed by atoms with Crippen LogP contribution in [-0.2, 0) is 9.53 Å². The quantitative estimate of drug-likeness (QED) is 0.914. The highest BCUT2D eigenvalue weighted by Gasteiger charge is 2.54. The Morgan fingerprint density at radius 2 is 2.04 bits per heavy atom. The van der Waals surface area contributed by atoms with Crippen LogP contribution in [0.1, 0.15) is 55.1 Å². The second-order valence-corrected chi connectivity index (χ2v) is 8.34. The average molecular weight is 348 g/mol. The van der Waals surface area contributed by atoms with Crippen LogP contribution in [0.15, 0.2) is 17.5 Å². The van der Waals surface area contributed by atoms with Gasteiger partial charge in [0.05, 0.1) is 11.5 Å². The summed E-state index contributed by atoms with van der Waals surface area (Å²) in [7, 11) is 0. The van der Waals surface area contributed by atoms with Crippen molar-refractivity contribution in [3.05, 3.63) is 22.4 Å². The number of nitrogens with zero attached hydrogens (tertiary/aromatic N) is 1. The fourth-order valence-electron chi connectivity index (χ4n) is 3.82. The Morgan fingerprint density at radius 3 is 2.67 bits per heavy atom. The zero-order chi connectivity index (χ0) is 16.7. The molecule has 3 fully saturated rings. The van der Waals surface area contributed by atoms with Crippen LogP contribution in [0.4, 0.5) is 0 Å². The summed E-state index contributed by atoms with van der Waals surface area (Å²) in [5.74, 6) is 0.531. The summed E-state index contributed by atoms with van der Waals surface area (Å²) >= 11 is 1.43. The van der Waals surface area contributed by atoms with Gasteiger partial charge in [-0.2, -0.15) is 0 Å². The van der Waals surface area contributed by atoms with Gasteiger partial charge in [-0.3, -0.25) is 14.5 Å². The van der Waals surface area contributed by atoms with Gasteiger partial charge in [0.15, 0.2) is 0 Å². The van der Waals surface area contributed by atoms with Crippen molar-refractivity contribution >= 4 is 23.2 Å². The second kappa shape index (κ2) is 6.15. The van der Waals surface area contributed by atoms with E-state index < -0.39 is 11.8 Å². The van der Waals surface area contributed by atoms with Crippen molar-refractivity contribution in [3.8, 4) is 0 Å². The number of carbonyl (C=O) groups excluding carboxylic acids is 2. The van der Waals surface area contributed by atoms with Gasteiger partial charge in [0.25, 0.3) is 5.91 Å². The van der Waals surface area contributed by atoms with E-state index in [1.54, 1.807) is 4.90 Å². The molecular weight excluding hydrogens is 324 g/mol. The number of ether oxygens (including phenoxy) is 1. The fraction of sp³-hybridized carbons (Fsp3) is 0.667. The summed E-state index contributed by atoms with van der Waals surface area (Å²) in [6, 6.07) is 3.50.